The molecule has 7 nitrogen and oxygen atoms in total. The van der Waals surface area contributed by atoms with Gasteiger partial charge in [0.25, 0.3) is 5.91 Å². The molecular formula is C12H18N4O3. The first-order valence-electron chi connectivity index (χ1n) is 5.91. The van der Waals surface area contributed by atoms with Crippen molar-refractivity contribution in [3.05, 3.63) is 34.2 Å². The second kappa shape index (κ2) is 6.58. The van der Waals surface area contributed by atoms with Gasteiger partial charge in [-0.2, -0.15) is 0 Å². The van der Waals surface area contributed by atoms with Crippen LogP contribution in [0.1, 0.15) is 30.6 Å². The fourth-order valence-electron chi connectivity index (χ4n) is 1.59. The maximum Gasteiger partial charge on any atom is 0.255 e. The number of nitrogens with zero attached hydrogens (tertiary/aromatic N) is 2. The molecule has 1 rings (SSSR count). The topological polar surface area (TPSA) is 112 Å². The van der Waals surface area contributed by atoms with Gasteiger partial charge in [-0.15, -0.1) is 0 Å². The molecule has 0 saturated carbocycles. The Kier molecular flexibility index (Phi) is 5.11. The number of oxime groups is 1. The van der Waals surface area contributed by atoms with Crippen molar-refractivity contribution >= 4 is 11.7 Å². The Balaban J connectivity index is 2.84. The SMILES string of the molecule is CC(C)N(CC/C(N)=N/O)C(=O)c1ccc(=O)[nH]c1. The van der Waals surface area contributed by atoms with Gasteiger partial charge in [0.1, 0.15) is 5.84 Å². The molecule has 0 aliphatic rings. The molecule has 4 N–H and O–H groups in total. The largest absolute Gasteiger partial charge is 0.409 e. The van der Waals surface area contributed by atoms with Crippen LogP contribution in [0, 0.1) is 0 Å². The average Bonchev–Trinajstić information content (AvgIpc) is 2.38. The van der Waals surface area contributed by atoms with Gasteiger partial charge in [-0.1, -0.05) is 5.16 Å². The van der Waals surface area contributed by atoms with Gasteiger partial charge >= 0.3 is 0 Å². The van der Waals surface area contributed by atoms with Crippen LogP contribution in [0.25, 0.3) is 0 Å². The molecule has 104 valence electrons. The quantitative estimate of drug-likeness (QED) is 0.309. The Morgan fingerprint density at radius 1 is 1.53 bits per heavy atom. The number of carbonyl (C=O) groups excluding carboxylic acids is 1. The molecule has 0 aromatic carbocycles. The Hall–Kier alpha value is -2.31. The lowest BCUT2D eigenvalue weighted by molar-refractivity contribution is 0.0710. The number of hydrogen-bond acceptors (Lipinski definition) is 4. The monoisotopic (exact) mass is 266 g/mol. The number of pyridine rings is 1. The summed E-state index contributed by atoms with van der Waals surface area (Å²) in [6.45, 7) is 4.08. The van der Waals surface area contributed by atoms with E-state index in [4.69, 9.17) is 10.9 Å². The Morgan fingerprint density at radius 3 is 2.68 bits per heavy atom. The standard InChI is InChI=1S/C12H18N4O3/c1-8(2)16(6-5-10(13)15-19)12(18)9-3-4-11(17)14-7-9/h3-4,7-8,19H,5-6H2,1-2H3,(H2,13,15)(H,14,17). The molecule has 1 aromatic rings. The van der Waals surface area contributed by atoms with Crippen LogP contribution in [0.15, 0.2) is 28.3 Å². The van der Waals surface area contributed by atoms with Gasteiger partial charge in [0.05, 0.1) is 5.56 Å². The highest BCUT2D eigenvalue weighted by molar-refractivity contribution is 5.94. The molecule has 1 heterocycles. The van der Waals surface area contributed by atoms with E-state index < -0.39 is 0 Å². The van der Waals surface area contributed by atoms with Crippen LogP contribution < -0.4 is 11.3 Å². The fraction of sp³-hybridized carbons (Fsp3) is 0.417. The number of rotatable bonds is 5. The number of carbonyl (C=O) groups is 1. The van der Waals surface area contributed by atoms with Crippen LogP contribution in [-0.4, -0.2) is 39.4 Å². The van der Waals surface area contributed by atoms with E-state index in [0.717, 1.165) is 0 Å². The summed E-state index contributed by atoms with van der Waals surface area (Å²) in [6.07, 6.45) is 1.66. The van der Waals surface area contributed by atoms with Gasteiger partial charge in [0, 0.05) is 31.3 Å². The second-order valence-electron chi connectivity index (χ2n) is 4.38. The van der Waals surface area contributed by atoms with E-state index in [-0.39, 0.29) is 29.8 Å². The zero-order valence-corrected chi connectivity index (χ0v) is 11.0. The summed E-state index contributed by atoms with van der Waals surface area (Å²) >= 11 is 0. The first-order chi connectivity index (χ1) is 8.95. The van der Waals surface area contributed by atoms with Crippen LogP contribution >= 0.6 is 0 Å². The average molecular weight is 266 g/mol. The van der Waals surface area contributed by atoms with E-state index in [1.165, 1.54) is 18.3 Å². The maximum absolute atomic E-state index is 12.3. The Bertz CT molecular complexity index is 501. The first-order valence-corrected chi connectivity index (χ1v) is 5.91. The van der Waals surface area contributed by atoms with Crippen molar-refractivity contribution in [1.29, 1.82) is 0 Å². The summed E-state index contributed by atoms with van der Waals surface area (Å²) in [5, 5.41) is 11.4. The highest BCUT2D eigenvalue weighted by Crippen LogP contribution is 2.07. The normalized spacial score (nSPS) is 11.6. The minimum Gasteiger partial charge on any atom is -0.409 e. The van der Waals surface area contributed by atoms with Gasteiger partial charge in [0.15, 0.2) is 0 Å². The van der Waals surface area contributed by atoms with Crippen LogP contribution in [0.4, 0.5) is 0 Å². The van der Waals surface area contributed by atoms with Gasteiger partial charge in [-0.25, -0.2) is 0 Å². The molecule has 0 unspecified atom stereocenters. The van der Waals surface area contributed by atoms with Crippen LogP contribution in [0.5, 0.6) is 0 Å². The van der Waals surface area contributed by atoms with E-state index in [1.807, 2.05) is 13.8 Å². The van der Waals surface area contributed by atoms with Crippen molar-refractivity contribution < 1.29 is 10.0 Å². The van der Waals surface area contributed by atoms with Crippen LogP contribution in [0.3, 0.4) is 0 Å². The lowest BCUT2D eigenvalue weighted by atomic mass is 10.2. The lowest BCUT2D eigenvalue weighted by Crippen LogP contribution is -2.39. The summed E-state index contributed by atoms with van der Waals surface area (Å²) in [5.41, 5.74) is 5.53. The van der Waals surface area contributed by atoms with E-state index in [0.29, 0.717) is 12.1 Å². The summed E-state index contributed by atoms with van der Waals surface area (Å²) in [5.74, 6) is -0.142. The molecule has 0 spiro atoms. The van der Waals surface area contributed by atoms with Gasteiger partial charge < -0.3 is 20.8 Å². The van der Waals surface area contributed by atoms with Crippen LogP contribution in [0.2, 0.25) is 0 Å². The summed E-state index contributed by atoms with van der Waals surface area (Å²) in [7, 11) is 0. The van der Waals surface area contributed by atoms with E-state index >= 15 is 0 Å². The number of amides is 1. The van der Waals surface area contributed by atoms with Gasteiger partial charge in [-0.3, -0.25) is 9.59 Å². The third-order valence-electron chi connectivity index (χ3n) is 2.65. The zero-order valence-electron chi connectivity index (χ0n) is 11.0. The molecule has 0 bridgehead atoms. The molecule has 0 aliphatic carbocycles. The van der Waals surface area contributed by atoms with Crippen LogP contribution in [-0.2, 0) is 0 Å². The lowest BCUT2D eigenvalue weighted by Gasteiger charge is -2.26. The predicted molar refractivity (Wildman–Crippen MR) is 71.3 cm³/mol. The number of H-pyrrole nitrogens is 1. The molecule has 7 heteroatoms. The number of nitrogens with one attached hydrogen (secondary N) is 1. The highest BCUT2D eigenvalue weighted by atomic mass is 16.4. The third-order valence-corrected chi connectivity index (χ3v) is 2.65. The molecule has 0 fully saturated rings. The van der Waals surface area contributed by atoms with E-state index in [1.54, 1.807) is 4.90 Å². The van der Waals surface area contributed by atoms with E-state index in [2.05, 4.69) is 10.1 Å². The van der Waals surface area contributed by atoms with Crippen molar-refractivity contribution in [2.24, 2.45) is 10.9 Å². The second-order valence-corrected chi connectivity index (χ2v) is 4.38. The molecular weight excluding hydrogens is 248 g/mol. The number of amidine groups is 1. The van der Waals surface area contributed by atoms with Crippen molar-refractivity contribution in [3.8, 4) is 0 Å². The number of aromatic nitrogens is 1. The first kappa shape index (κ1) is 14.7. The third kappa shape index (κ3) is 4.13. The van der Waals surface area contributed by atoms with Crippen molar-refractivity contribution in [1.82, 2.24) is 9.88 Å². The Morgan fingerprint density at radius 2 is 2.21 bits per heavy atom. The highest BCUT2D eigenvalue weighted by Gasteiger charge is 2.18. The summed E-state index contributed by atoms with van der Waals surface area (Å²) in [4.78, 5) is 27.3. The molecule has 0 atom stereocenters. The zero-order chi connectivity index (χ0) is 14.4. The fourth-order valence-corrected chi connectivity index (χ4v) is 1.59. The molecule has 19 heavy (non-hydrogen) atoms. The number of aromatic amines is 1. The van der Waals surface area contributed by atoms with Gasteiger partial charge in [0.2, 0.25) is 5.56 Å². The predicted octanol–water partition coefficient (Wildman–Crippen LogP) is 0.362. The van der Waals surface area contributed by atoms with Crippen molar-refractivity contribution in [2.45, 2.75) is 26.3 Å². The Labute approximate surface area is 110 Å². The number of hydrogen-bond donors (Lipinski definition) is 3. The van der Waals surface area contributed by atoms with E-state index in [9.17, 15) is 9.59 Å². The molecule has 0 saturated heterocycles. The van der Waals surface area contributed by atoms with Gasteiger partial charge in [-0.05, 0) is 19.9 Å². The van der Waals surface area contributed by atoms with Crippen molar-refractivity contribution in [3.63, 3.8) is 0 Å². The molecule has 1 aromatic heterocycles. The minimum absolute atomic E-state index is 0.0362. The molecule has 1 amide bonds. The summed E-state index contributed by atoms with van der Waals surface area (Å²) < 4.78 is 0. The maximum atomic E-state index is 12.3. The molecule has 0 aliphatic heterocycles. The smallest absolute Gasteiger partial charge is 0.255 e. The minimum atomic E-state index is -0.260. The summed E-state index contributed by atoms with van der Waals surface area (Å²) in [6, 6.07) is 2.74. The van der Waals surface area contributed by atoms with Crippen molar-refractivity contribution in [2.75, 3.05) is 6.54 Å². The molecule has 0 radical (unpaired) electrons. The number of nitrogens with two attached hydrogens (primary N) is 1.